The Morgan fingerprint density at radius 3 is 2.88 bits per heavy atom. The van der Waals surface area contributed by atoms with Crippen LogP contribution in [0.4, 0.5) is 5.69 Å². The maximum absolute atomic E-state index is 11.7. The molecule has 1 aromatic rings. The lowest BCUT2D eigenvalue weighted by molar-refractivity contribution is 0.0954. The summed E-state index contributed by atoms with van der Waals surface area (Å²) in [4.78, 5) is 11.7. The van der Waals surface area contributed by atoms with E-state index in [-0.39, 0.29) is 5.91 Å². The number of nitrogen functional groups attached to an aromatic ring is 1. The highest BCUT2D eigenvalue weighted by molar-refractivity contribution is 6.31. The van der Waals surface area contributed by atoms with Gasteiger partial charge in [-0.15, -0.1) is 0 Å². The van der Waals surface area contributed by atoms with Gasteiger partial charge in [0, 0.05) is 17.3 Å². The number of benzene rings is 1. The molecule has 1 amide bonds. The SMILES string of the molecule is CCCCCNC(=O)c1cc(Cl)ccc1N. The fourth-order valence-electron chi connectivity index (χ4n) is 1.40. The van der Waals surface area contributed by atoms with Crippen LogP contribution in [0.3, 0.4) is 0 Å². The molecule has 0 spiro atoms. The van der Waals surface area contributed by atoms with E-state index in [1.807, 2.05) is 0 Å². The number of nitrogens with one attached hydrogen (secondary N) is 1. The fraction of sp³-hybridized carbons (Fsp3) is 0.417. The molecule has 0 unspecified atom stereocenters. The predicted octanol–water partition coefficient (Wildman–Crippen LogP) is 2.84. The summed E-state index contributed by atoms with van der Waals surface area (Å²) in [6, 6.07) is 4.90. The molecule has 1 rings (SSSR count). The van der Waals surface area contributed by atoms with Crippen molar-refractivity contribution in [3.63, 3.8) is 0 Å². The van der Waals surface area contributed by atoms with Crippen molar-refractivity contribution in [3.8, 4) is 0 Å². The Hall–Kier alpha value is -1.22. The summed E-state index contributed by atoms with van der Waals surface area (Å²) in [6.45, 7) is 2.80. The molecule has 0 radical (unpaired) electrons. The highest BCUT2D eigenvalue weighted by Crippen LogP contribution is 2.17. The van der Waals surface area contributed by atoms with Crippen LogP contribution >= 0.6 is 11.6 Å². The summed E-state index contributed by atoms with van der Waals surface area (Å²) >= 11 is 5.81. The van der Waals surface area contributed by atoms with E-state index in [2.05, 4.69) is 12.2 Å². The number of amides is 1. The van der Waals surface area contributed by atoms with Crippen molar-refractivity contribution in [2.24, 2.45) is 0 Å². The molecule has 0 aromatic heterocycles. The normalized spacial score (nSPS) is 10.1. The van der Waals surface area contributed by atoms with E-state index in [4.69, 9.17) is 17.3 Å². The molecule has 0 aliphatic heterocycles. The van der Waals surface area contributed by atoms with Gasteiger partial charge in [0.1, 0.15) is 0 Å². The molecule has 3 nitrogen and oxygen atoms in total. The van der Waals surface area contributed by atoms with Crippen LogP contribution in [0.2, 0.25) is 5.02 Å². The molecule has 3 N–H and O–H groups in total. The first-order chi connectivity index (χ1) is 7.65. The summed E-state index contributed by atoms with van der Waals surface area (Å²) in [5, 5.41) is 3.35. The van der Waals surface area contributed by atoms with Crippen LogP contribution in [0, 0.1) is 0 Å². The molecule has 0 atom stereocenters. The van der Waals surface area contributed by atoms with E-state index < -0.39 is 0 Å². The number of hydrogen-bond donors (Lipinski definition) is 2. The summed E-state index contributed by atoms with van der Waals surface area (Å²) in [5.41, 5.74) is 6.61. The number of carbonyl (C=O) groups excluding carboxylic acids is 1. The van der Waals surface area contributed by atoms with Gasteiger partial charge >= 0.3 is 0 Å². The summed E-state index contributed by atoms with van der Waals surface area (Å²) in [6.07, 6.45) is 3.24. The van der Waals surface area contributed by atoms with E-state index in [1.165, 1.54) is 0 Å². The minimum Gasteiger partial charge on any atom is -0.398 e. The third-order valence-corrected chi connectivity index (χ3v) is 2.56. The molecule has 0 saturated heterocycles. The Morgan fingerprint density at radius 1 is 1.44 bits per heavy atom. The predicted molar refractivity (Wildman–Crippen MR) is 67.7 cm³/mol. The number of rotatable bonds is 5. The van der Waals surface area contributed by atoms with Crippen LogP contribution < -0.4 is 11.1 Å². The van der Waals surface area contributed by atoms with Crippen LogP contribution in [0.25, 0.3) is 0 Å². The minimum atomic E-state index is -0.156. The molecule has 0 bridgehead atoms. The lowest BCUT2D eigenvalue weighted by Gasteiger charge is -2.07. The van der Waals surface area contributed by atoms with Gasteiger partial charge < -0.3 is 11.1 Å². The second kappa shape index (κ2) is 6.38. The smallest absolute Gasteiger partial charge is 0.253 e. The minimum absolute atomic E-state index is 0.156. The molecule has 0 saturated carbocycles. The van der Waals surface area contributed by atoms with Gasteiger partial charge in [-0.2, -0.15) is 0 Å². The molecule has 1 aromatic carbocycles. The van der Waals surface area contributed by atoms with Crippen molar-refractivity contribution in [1.82, 2.24) is 5.32 Å². The van der Waals surface area contributed by atoms with E-state index in [9.17, 15) is 4.79 Å². The summed E-state index contributed by atoms with van der Waals surface area (Å²) in [5.74, 6) is -0.156. The van der Waals surface area contributed by atoms with Gasteiger partial charge in [-0.1, -0.05) is 31.4 Å². The third-order valence-electron chi connectivity index (χ3n) is 2.33. The van der Waals surface area contributed by atoms with Crippen molar-refractivity contribution in [2.45, 2.75) is 26.2 Å². The monoisotopic (exact) mass is 240 g/mol. The van der Waals surface area contributed by atoms with Gasteiger partial charge in [-0.25, -0.2) is 0 Å². The molecule has 88 valence electrons. The first-order valence-corrected chi connectivity index (χ1v) is 5.86. The zero-order chi connectivity index (χ0) is 12.0. The molecule has 16 heavy (non-hydrogen) atoms. The number of carbonyl (C=O) groups is 1. The zero-order valence-corrected chi connectivity index (χ0v) is 10.2. The Morgan fingerprint density at radius 2 is 2.19 bits per heavy atom. The number of anilines is 1. The van der Waals surface area contributed by atoms with Crippen molar-refractivity contribution in [3.05, 3.63) is 28.8 Å². The van der Waals surface area contributed by atoms with Gasteiger partial charge in [0.15, 0.2) is 0 Å². The van der Waals surface area contributed by atoms with Crippen LogP contribution in [-0.4, -0.2) is 12.5 Å². The van der Waals surface area contributed by atoms with E-state index in [1.54, 1.807) is 18.2 Å². The molecule has 0 aliphatic carbocycles. The van der Waals surface area contributed by atoms with Crippen molar-refractivity contribution in [1.29, 1.82) is 0 Å². The van der Waals surface area contributed by atoms with Gasteiger partial charge in [0.2, 0.25) is 0 Å². The Bertz CT molecular complexity index is 366. The Kier molecular flexibility index (Phi) is 5.12. The highest BCUT2D eigenvalue weighted by Gasteiger charge is 2.09. The standard InChI is InChI=1S/C12H17ClN2O/c1-2-3-4-7-15-12(16)10-8-9(13)5-6-11(10)14/h5-6,8H,2-4,7,14H2,1H3,(H,15,16). The lowest BCUT2D eigenvalue weighted by Crippen LogP contribution is -2.25. The van der Waals surface area contributed by atoms with Crippen molar-refractivity contribution in [2.75, 3.05) is 12.3 Å². The molecule has 0 heterocycles. The lowest BCUT2D eigenvalue weighted by atomic mass is 10.1. The van der Waals surface area contributed by atoms with Gasteiger partial charge in [0.05, 0.1) is 5.56 Å². The average Bonchev–Trinajstić information content (AvgIpc) is 2.27. The van der Waals surface area contributed by atoms with E-state index in [0.717, 1.165) is 19.3 Å². The number of hydrogen-bond acceptors (Lipinski definition) is 2. The maximum atomic E-state index is 11.7. The Labute approximate surface area is 101 Å². The van der Waals surface area contributed by atoms with Crippen LogP contribution in [0.5, 0.6) is 0 Å². The number of unbranched alkanes of at least 4 members (excludes halogenated alkanes) is 2. The molecule has 4 heteroatoms. The number of halogens is 1. The van der Waals surface area contributed by atoms with Gasteiger partial charge in [-0.05, 0) is 24.6 Å². The highest BCUT2D eigenvalue weighted by atomic mass is 35.5. The van der Waals surface area contributed by atoms with Crippen LogP contribution in [0.15, 0.2) is 18.2 Å². The van der Waals surface area contributed by atoms with Crippen LogP contribution in [0.1, 0.15) is 36.5 Å². The van der Waals surface area contributed by atoms with Gasteiger partial charge in [-0.3, -0.25) is 4.79 Å². The molecular formula is C12H17ClN2O. The van der Waals surface area contributed by atoms with E-state index >= 15 is 0 Å². The van der Waals surface area contributed by atoms with Crippen molar-refractivity contribution >= 4 is 23.2 Å². The molecular weight excluding hydrogens is 224 g/mol. The molecule has 0 aliphatic rings. The van der Waals surface area contributed by atoms with E-state index in [0.29, 0.717) is 22.8 Å². The van der Waals surface area contributed by atoms with Gasteiger partial charge in [0.25, 0.3) is 5.91 Å². The largest absolute Gasteiger partial charge is 0.398 e. The topological polar surface area (TPSA) is 55.1 Å². The fourth-order valence-corrected chi connectivity index (χ4v) is 1.57. The quantitative estimate of drug-likeness (QED) is 0.614. The number of nitrogens with two attached hydrogens (primary N) is 1. The summed E-state index contributed by atoms with van der Waals surface area (Å²) < 4.78 is 0. The maximum Gasteiger partial charge on any atom is 0.253 e. The molecule has 0 fully saturated rings. The first-order valence-electron chi connectivity index (χ1n) is 5.48. The zero-order valence-electron chi connectivity index (χ0n) is 9.42. The average molecular weight is 241 g/mol. The third kappa shape index (κ3) is 3.74. The second-order valence-corrected chi connectivity index (χ2v) is 4.13. The van der Waals surface area contributed by atoms with Crippen molar-refractivity contribution < 1.29 is 4.79 Å². The second-order valence-electron chi connectivity index (χ2n) is 3.69. The summed E-state index contributed by atoms with van der Waals surface area (Å²) in [7, 11) is 0. The van der Waals surface area contributed by atoms with Crippen LogP contribution in [-0.2, 0) is 0 Å². The Balaban J connectivity index is 2.55. The first kappa shape index (κ1) is 12.8.